The predicted molar refractivity (Wildman–Crippen MR) is 128 cm³/mol. The number of aryl methyl sites for hydroxylation is 1. The fourth-order valence-corrected chi connectivity index (χ4v) is 4.15. The number of phenolic OH excluding ortho intramolecular Hbond substituents is 1. The van der Waals surface area contributed by atoms with Crippen LogP contribution in [-0.4, -0.2) is 29.7 Å². The lowest BCUT2D eigenvalue weighted by Gasteiger charge is -2.15. The molecule has 1 amide bonds. The number of aromatic hydroxyl groups is 1. The van der Waals surface area contributed by atoms with Crippen LogP contribution in [0.4, 0.5) is 5.69 Å². The second kappa shape index (κ2) is 9.73. The molecule has 1 heterocycles. The van der Waals surface area contributed by atoms with Crippen LogP contribution in [0.25, 0.3) is 11.1 Å². The summed E-state index contributed by atoms with van der Waals surface area (Å²) >= 11 is 0. The van der Waals surface area contributed by atoms with Gasteiger partial charge in [-0.15, -0.1) is 0 Å². The third-order valence-electron chi connectivity index (χ3n) is 5.88. The van der Waals surface area contributed by atoms with Crippen molar-refractivity contribution < 1.29 is 9.90 Å². The van der Waals surface area contributed by atoms with E-state index < -0.39 is 0 Å². The maximum Gasteiger partial charge on any atom is 0.251 e. The van der Waals surface area contributed by atoms with Crippen LogP contribution in [-0.2, 0) is 19.4 Å². The summed E-state index contributed by atoms with van der Waals surface area (Å²) in [5.74, 6) is -0.116. The first-order chi connectivity index (χ1) is 14.8. The number of rotatable bonds is 9. The first-order valence-electron chi connectivity index (χ1n) is 10.9. The number of nitrogens with zero attached hydrogens (tertiary/aromatic N) is 2. The number of carbonyl (C=O) groups is 1. The molecule has 2 aromatic carbocycles. The molecule has 0 aliphatic heterocycles. The van der Waals surface area contributed by atoms with Gasteiger partial charge in [0.15, 0.2) is 0 Å². The van der Waals surface area contributed by atoms with Crippen molar-refractivity contribution in [2.24, 2.45) is 5.73 Å². The van der Waals surface area contributed by atoms with Gasteiger partial charge in [0.1, 0.15) is 5.75 Å². The van der Waals surface area contributed by atoms with Gasteiger partial charge in [-0.25, -0.2) is 0 Å². The van der Waals surface area contributed by atoms with Gasteiger partial charge in [-0.3, -0.25) is 4.79 Å². The van der Waals surface area contributed by atoms with Crippen molar-refractivity contribution in [3.8, 4) is 16.9 Å². The molecule has 5 heteroatoms. The first-order valence-corrected chi connectivity index (χ1v) is 10.9. The van der Waals surface area contributed by atoms with Crippen LogP contribution < -0.4 is 10.6 Å². The van der Waals surface area contributed by atoms with E-state index in [2.05, 4.69) is 40.7 Å². The Bertz CT molecular complexity index is 1030. The molecule has 0 aliphatic carbocycles. The lowest BCUT2D eigenvalue weighted by Crippen LogP contribution is -2.14. The van der Waals surface area contributed by atoms with Gasteiger partial charge in [-0.05, 0) is 61.6 Å². The van der Waals surface area contributed by atoms with Crippen molar-refractivity contribution in [3.63, 3.8) is 0 Å². The maximum atomic E-state index is 12.5. The van der Waals surface area contributed by atoms with Crippen molar-refractivity contribution in [1.82, 2.24) is 4.57 Å². The van der Waals surface area contributed by atoms with E-state index in [-0.39, 0.29) is 11.7 Å². The minimum atomic E-state index is -0.384. The largest absolute Gasteiger partial charge is 0.508 e. The van der Waals surface area contributed by atoms with E-state index in [4.69, 9.17) is 5.73 Å². The fourth-order valence-electron chi connectivity index (χ4n) is 4.15. The summed E-state index contributed by atoms with van der Waals surface area (Å²) in [7, 11) is 4.03. The number of anilines is 1. The molecule has 164 valence electrons. The van der Waals surface area contributed by atoms with Crippen molar-refractivity contribution in [3.05, 3.63) is 71.0 Å². The average molecular weight is 420 g/mol. The molecule has 0 saturated carbocycles. The van der Waals surface area contributed by atoms with E-state index in [1.54, 1.807) is 12.1 Å². The van der Waals surface area contributed by atoms with Crippen molar-refractivity contribution in [2.75, 3.05) is 19.0 Å². The van der Waals surface area contributed by atoms with Gasteiger partial charge in [0.2, 0.25) is 0 Å². The Hall–Kier alpha value is -3.21. The molecule has 5 nitrogen and oxygen atoms in total. The van der Waals surface area contributed by atoms with E-state index >= 15 is 0 Å². The highest BCUT2D eigenvalue weighted by Gasteiger charge is 2.24. The molecule has 3 rings (SSSR count). The van der Waals surface area contributed by atoms with Crippen LogP contribution in [0.2, 0.25) is 0 Å². The standard InChI is InChI=1S/C26H33N3O2/c1-5-6-7-23-25(20-10-12-21(13-11-20)28(3)4)24(26(27)31)18(2)29(23)17-16-19-8-14-22(30)15-9-19/h8-15,30H,5-7,16-17H2,1-4H3,(H2,27,31). The van der Waals surface area contributed by atoms with Crippen molar-refractivity contribution in [2.45, 2.75) is 46.1 Å². The summed E-state index contributed by atoms with van der Waals surface area (Å²) in [6, 6.07) is 15.6. The Morgan fingerprint density at radius 2 is 1.68 bits per heavy atom. The number of amides is 1. The summed E-state index contributed by atoms with van der Waals surface area (Å²) in [6.45, 7) is 4.92. The van der Waals surface area contributed by atoms with Crippen LogP contribution in [0.5, 0.6) is 5.75 Å². The fraction of sp³-hybridized carbons (Fsp3) is 0.346. The zero-order valence-corrected chi connectivity index (χ0v) is 19.0. The van der Waals surface area contributed by atoms with E-state index in [0.29, 0.717) is 5.56 Å². The second-order valence-electron chi connectivity index (χ2n) is 8.26. The molecule has 3 aromatic rings. The third kappa shape index (κ3) is 4.93. The predicted octanol–water partition coefficient (Wildman–Crippen LogP) is 4.92. The molecule has 31 heavy (non-hydrogen) atoms. The number of nitrogens with two attached hydrogens (primary N) is 1. The number of carbonyl (C=O) groups excluding carboxylic acids is 1. The normalized spacial score (nSPS) is 11.0. The van der Waals surface area contributed by atoms with Crippen LogP contribution in [0.1, 0.15) is 47.1 Å². The Morgan fingerprint density at radius 3 is 2.23 bits per heavy atom. The zero-order valence-electron chi connectivity index (χ0n) is 19.0. The summed E-state index contributed by atoms with van der Waals surface area (Å²) in [5.41, 5.74) is 12.8. The number of benzene rings is 2. The molecular weight excluding hydrogens is 386 g/mol. The van der Waals surface area contributed by atoms with Crippen molar-refractivity contribution in [1.29, 1.82) is 0 Å². The molecule has 0 aliphatic rings. The molecular formula is C26H33N3O2. The number of primary amides is 1. The van der Waals surface area contributed by atoms with Crippen LogP contribution in [0, 0.1) is 6.92 Å². The number of unbranched alkanes of at least 4 members (excludes halogenated alkanes) is 1. The summed E-state index contributed by atoms with van der Waals surface area (Å²) < 4.78 is 2.26. The topological polar surface area (TPSA) is 71.5 Å². The molecule has 3 N–H and O–H groups in total. The highest BCUT2D eigenvalue weighted by atomic mass is 16.3. The molecule has 0 atom stereocenters. The van der Waals surface area contributed by atoms with Crippen molar-refractivity contribution >= 4 is 11.6 Å². The molecule has 0 saturated heterocycles. The van der Waals surface area contributed by atoms with E-state index in [1.807, 2.05) is 33.2 Å². The molecule has 0 fully saturated rings. The quantitative estimate of drug-likeness (QED) is 0.517. The minimum absolute atomic E-state index is 0.268. The number of phenols is 1. The van der Waals surface area contributed by atoms with Gasteiger partial charge >= 0.3 is 0 Å². The Balaban J connectivity index is 2.08. The Labute approximate surface area is 185 Å². The zero-order chi connectivity index (χ0) is 22.5. The lowest BCUT2D eigenvalue weighted by atomic mass is 9.97. The van der Waals surface area contributed by atoms with Crippen LogP contribution >= 0.6 is 0 Å². The Morgan fingerprint density at radius 1 is 1.03 bits per heavy atom. The van der Waals surface area contributed by atoms with E-state index in [9.17, 15) is 9.90 Å². The highest BCUT2D eigenvalue weighted by Crippen LogP contribution is 2.35. The second-order valence-corrected chi connectivity index (χ2v) is 8.26. The lowest BCUT2D eigenvalue weighted by molar-refractivity contribution is 0.1000. The summed E-state index contributed by atoms with van der Waals surface area (Å²) in [4.78, 5) is 14.6. The van der Waals surface area contributed by atoms with Gasteiger partial charge in [0.25, 0.3) is 5.91 Å². The molecule has 1 aromatic heterocycles. The molecule has 0 radical (unpaired) electrons. The first kappa shape index (κ1) is 22.5. The smallest absolute Gasteiger partial charge is 0.251 e. The average Bonchev–Trinajstić information content (AvgIpc) is 3.03. The molecule has 0 unspecified atom stereocenters. The molecule has 0 spiro atoms. The van der Waals surface area contributed by atoms with E-state index in [1.165, 1.54) is 5.69 Å². The third-order valence-corrected chi connectivity index (χ3v) is 5.88. The number of hydrogen-bond acceptors (Lipinski definition) is 3. The van der Waals surface area contributed by atoms with Gasteiger partial charge in [0.05, 0.1) is 5.56 Å². The van der Waals surface area contributed by atoms with Gasteiger partial charge < -0.3 is 20.3 Å². The van der Waals surface area contributed by atoms with Crippen LogP contribution in [0.15, 0.2) is 48.5 Å². The SMILES string of the molecule is CCCCc1c(-c2ccc(N(C)C)cc2)c(C(N)=O)c(C)n1CCc1ccc(O)cc1. The van der Waals surface area contributed by atoms with Crippen LogP contribution in [0.3, 0.4) is 0 Å². The number of hydrogen-bond donors (Lipinski definition) is 2. The highest BCUT2D eigenvalue weighted by molar-refractivity contribution is 6.02. The summed E-state index contributed by atoms with van der Waals surface area (Å²) in [5, 5.41) is 9.55. The van der Waals surface area contributed by atoms with Gasteiger partial charge in [0, 0.05) is 43.3 Å². The summed E-state index contributed by atoms with van der Waals surface area (Å²) in [6.07, 6.45) is 3.83. The van der Waals surface area contributed by atoms with E-state index in [0.717, 1.165) is 60.3 Å². The number of aromatic nitrogens is 1. The maximum absolute atomic E-state index is 12.5. The molecule has 0 bridgehead atoms. The van der Waals surface area contributed by atoms with Gasteiger partial charge in [-0.1, -0.05) is 37.6 Å². The minimum Gasteiger partial charge on any atom is -0.508 e. The van der Waals surface area contributed by atoms with Gasteiger partial charge in [-0.2, -0.15) is 0 Å². The Kier molecular flexibility index (Phi) is 7.06. The monoisotopic (exact) mass is 419 g/mol.